The van der Waals surface area contributed by atoms with Gasteiger partial charge in [0.1, 0.15) is 0 Å². The first-order valence-corrected chi connectivity index (χ1v) is 7.05. The van der Waals surface area contributed by atoms with E-state index in [9.17, 15) is 0 Å². The van der Waals surface area contributed by atoms with Crippen molar-refractivity contribution in [2.45, 2.75) is 26.2 Å². The molecule has 2 heterocycles. The van der Waals surface area contributed by atoms with Gasteiger partial charge in [0.05, 0.1) is 11.0 Å². The van der Waals surface area contributed by atoms with Crippen LogP contribution in [-0.2, 0) is 0 Å². The monoisotopic (exact) mass is 256 g/mol. The van der Waals surface area contributed by atoms with Crippen molar-refractivity contribution in [1.82, 2.24) is 9.97 Å². The predicted octanol–water partition coefficient (Wildman–Crippen LogP) is 2.84. The molecule has 3 rings (SSSR count). The Morgan fingerprint density at radius 3 is 2.42 bits per heavy atom. The molecule has 1 fully saturated rings. The van der Waals surface area contributed by atoms with Crippen molar-refractivity contribution in [2.24, 2.45) is 5.92 Å². The van der Waals surface area contributed by atoms with Crippen LogP contribution in [0.2, 0.25) is 0 Å². The van der Waals surface area contributed by atoms with Gasteiger partial charge in [-0.2, -0.15) is 0 Å². The number of nitrogens with zero attached hydrogens (tertiary/aromatic N) is 3. The summed E-state index contributed by atoms with van der Waals surface area (Å²) in [6, 6.07) is 7.89. The number of hydrogen-bond acceptors (Lipinski definition) is 4. The lowest BCUT2D eigenvalue weighted by atomic mass is 9.94. The lowest BCUT2D eigenvalue weighted by Crippen LogP contribution is -2.34. The summed E-state index contributed by atoms with van der Waals surface area (Å²) < 4.78 is 0. The molecule has 0 atom stereocenters. The molecule has 2 aromatic rings. The molecule has 1 aliphatic heterocycles. The zero-order valence-corrected chi connectivity index (χ0v) is 11.3. The van der Waals surface area contributed by atoms with E-state index in [2.05, 4.69) is 21.8 Å². The van der Waals surface area contributed by atoms with Gasteiger partial charge in [-0.05, 0) is 30.9 Å². The van der Waals surface area contributed by atoms with Gasteiger partial charge in [-0.3, -0.25) is 0 Å². The molecular formula is C15H20N4. The van der Waals surface area contributed by atoms with Crippen molar-refractivity contribution in [1.29, 1.82) is 0 Å². The summed E-state index contributed by atoms with van der Waals surface area (Å²) in [5.74, 6) is 2.26. The summed E-state index contributed by atoms with van der Waals surface area (Å²) in [6.07, 6.45) is 3.72. The fraction of sp³-hybridized carbons (Fsp3) is 0.467. The zero-order chi connectivity index (χ0) is 13.2. The summed E-state index contributed by atoms with van der Waals surface area (Å²) in [7, 11) is 0. The van der Waals surface area contributed by atoms with E-state index in [4.69, 9.17) is 5.73 Å². The molecule has 19 heavy (non-hydrogen) atoms. The number of aromatic nitrogens is 2. The van der Waals surface area contributed by atoms with Crippen LogP contribution in [0.1, 0.15) is 26.2 Å². The molecule has 1 aromatic heterocycles. The van der Waals surface area contributed by atoms with Crippen LogP contribution in [0.3, 0.4) is 0 Å². The van der Waals surface area contributed by atoms with E-state index in [0.29, 0.717) is 5.82 Å². The minimum atomic E-state index is 0.550. The van der Waals surface area contributed by atoms with Crippen molar-refractivity contribution in [3.8, 4) is 0 Å². The number of nitrogens with two attached hydrogens (primary N) is 1. The van der Waals surface area contributed by atoms with E-state index >= 15 is 0 Å². The normalized spacial score (nSPS) is 17.0. The SMILES string of the molecule is CCC1CCN(c2nc3ccccc3nc2N)CC1. The summed E-state index contributed by atoms with van der Waals surface area (Å²) >= 11 is 0. The molecule has 0 bridgehead atoms. The van der Waals surface area contributed by atoms with Crippen LogP contribution in [0, 0.1) is 5.92 Å². The standard InChI is InChI=1S/C15H20N4/c1-2-11-7-9-19(10-8-11)15-14(16)17-12-5-3-4-6-13(12)18-15/h3-6,11H,2,7-10H2,1H3,(H2,16,17). The predicted molar refractivity (Wildman–Crippen MR) is 79.2 cm³/mol. The van der Waals surface area contributed by atoms with Crippen LogP contribution in [0.25, 0.3) is 11.0 Å². The second kappa shape index (κ2) is 5.03. The number of para-hydroxylation sites is 2. The Balaban J connectivity index is 1.90. The molecule has 0 spiro atoms. The van der Waals surface area contributed by atoms with Gasteiger partial charge in [0.2, 0.25) is 0 Å². The smallest absolute Gasteiger partial charge is 0.172 e. The topological polar surface area (TPSA) is 55.0 Å². The number of anilines is 2. The average Bonchev–Trinajstić information content (AvgIpc) is 2.47. The highest BCUT2D eigenvalue weighted by atomic mass is 15.2. The lowest BCUT2D eigenvalue weighted by molar-refractivity contribution is 0.394. The minimum absolute atomic E-state index is 0.550. The Kier molecular flexibility index (Phi) is 3.23. The average molecular weight is 256 g/mol. The Labute approximate surface area is 113 Å². The summed E-state index contributed by atoms with van der Waals surface area (Å²) in [6.45, 7) is 4.34. The van der Waals surface area contributed by atoms with E-state index in [1.54, 1.807) is 0 Å². The van der Waals surface area contributed by atoms with Gasteiger partial charge in [0.25, 0.3) is 0 Å². The van der Waals surface area contributed by atoms with E-state index < -0.39 is 0 Å². The number of hydrogen-bond donors (Lipinski definition) is 1. The molecule has 1 aliphatic rings. The third-order valence-corrected chi connectivity index (χ3v) is 4.07. The fourth-order valence-electron chi connectivity index (χ4n) is 2.79. The molecule has 2 N–H and O–H groups in total. The third-order valence-electron chi connectivity index (χ3n) is 4.07. The fourth-order valence-corrected chi connectivity index (χ4v) is 2.79. The van der Waals surface area contributed by atoms with Crippen molar-refractivity contribution in [2.75, 3.05) is 23.7 Å². The molecule has 0 aliphatic carbocycles. The quantitative estimate of drug-likeness (QED) is 0.897. The number of benzene rings is 1. The molecule has 100 valence electrons. The zero-order valence-electron chi connectivity index (χ0n) is 11.3. The Bertz CT molecular complexity index is 573. The molecule has 4 heteroatoms. The number of rotatable bonds is 2. The van der Waals surface area contributed by atoms with Gasteiger partial charge in [0, 0.05) is 13.1 Å². The highest BCUT2D eigenvalue weighted by Gasteiger charge is 2.21. The third kappa shape index (κ3) is 2.35. The maximum atomic E-state index is 6.07. The summed E-state index contributed by atoms with van der Waals surface area (Å²) in [5, 5.41) is 0. The van der Waals surface area contributed by atoms with Crippen LogP contribution in [-0.4, -0.2) is 23.1 Å². The van der Waals surface area contributed by atoms with E-state index in [1.165, 1.54) is 19.3 Å². The van der Waals surface area contributed by atoms with Gasteiger partial charge in [-0.25, -0.2) is 9.97 Å². The van der Waals surface area contributed by atoms with Gasteiger partial charge in [0.15, 0.2) is 11.6 Å². The van der Waals surface area contributed by atoms with Crippen LogP contribution in [0.15, 0.2) is 24.3 Å². The molecule has 4 nitrogen and oxygen atoms in total. The van der Waals surface area contributed by atoms with Crippen molar-refractivity contribution in [3.05, 3.63) is 24.3 Å². The first kappa shape index (κ1) is 12.2. The maximum absolute atomic E-state index is 6.07. The van der Waals surface area contributed by atoms with Gasteiger partial charge < -0.3 is 10.6 Å². The first-order valence-electron chi connectivity index (χ1n) is 7.05. The van der Waals surface area contributed by atoms with E-state index in [-0.39, 0.29) is 0 Å². The highest BCUT2D eigenvalue weighted by Crippen LogP contribution is 2.28. The van der Waals surface area contributed by atoms with Crippen LogP contribution < -0.4 is 10.6 Å². The number of nitrogen functional groups attached to an aromatic ring is 1. The Hall–Kier alpha value is -1.84. The van der Waals surface area contributed by atoms with Gasteiger partial charge >= 0.3 is 0 Å². The molecule has 1 saturated heterocycles. The Morgan fingerprint density at radius 1 is 1.16 bits per heavy atom. The molecule has 0 unspecified atom stereocenters. The largest absolute Gasteiger partial charge is 0.381 e. The van der Waals surface area contributed by atoms with E-state index in [0.717, 1.165) is 35.9 Å². The maximum Gasteiger partial charge on any atom is 0.172 e. The second-order valence-electron chi connectivity index (χ2n) is 5.26. The van der Waals surface area contributed by atoms with Gasteiger partial charge in [-0.15, -0.1) is 0 Å². The summed E-state index contributed by atoms with van der Waals surface area (Å²) in [4.78, 5) is 11.4. The first-order chi connectivity index (χ1) is 9.28. The number of fused-ring (bicyclic) bond motifs is 1. The van der Waals surface area contributed by atoms with Crippen molar-refractivity contribution in [3.63, 3.8) is 0 Å². The van der Waals surface area contributed by atoms with Crippen LogP contribution in [0.5, 0.6) is 0 Å². The second-order valence-corrected chi connectivity index (χ2v) is 5.26. The van der Waals surface area contributed by atoms with Crippen LogP contribution in [0.4, 0.5) is 11.6 Å². The summed E-state index contributed by atoms with van der Waals surface area (Å²) in [5.41, 5.74) is 7.86. The minimum Gasteiger partial charge on any atom is -0.381 e. The molecule has 0 amide bonds. The highest BCUT2D eigenvalue weighted by molar-refractivity contribution is 5.79. The molecule has 0 saturated carbocycles. The Morgan fingerprint density at radius 2 is 1.79 bits per heavy atom. The number of piperidine rings is 1. The molecular weight excluding hydrogens is 236 g/mol. The lowest BCUT2D eigenvalue weighted by Gasteiger charge is -2.32. The van der Waals surface area contributed by atoms with Crippen LogP contribution >= 0.6 is 0 Å². The van der Waals surface area contributed by atoms with E-state index in [1.807, 2.05) is 24.3 Å². The van der Waals surface area contributed by atoms with Crippen molar-refractivity contribution >= 4 is 22.7 Å². The van der Waals surface area contributed by atoms with Gasteiger partial charge in [-0.1, -0.05) is 25.5 Å². The molecule has 0 radical (unpaired) electrons. The molecule has 1 aromatic carbocycles. The van der Waals surface area contributed by atoms with Crippen molar-refractivity contribution < 1.29 is 0 Å².